The van der Waals surface area contributed by atoms with Crippen LogP contribution in [-0.4, -0.2) is 60.5 Å². The van der Waals surface area contributed by atoms with Crippen molar-refractivity contribution >= 4 is 28.4 Å². The Balaban J connectivity index is 1.43. The number of halogens is 1. The van der Waals surface area contributed by atoms with Gasteiger partial charge in [0.05, 0.1) is 0 Å². The molecule has 0 aliphatic carbocycles. The lowest BCUT2D eigenvalue weighted by molar-refractivity contribution is -0.126. The Morgan fingerprint density at radius 1 is 1.06 bits per heavy atom. The molecule has 0 atom stereocenters. The molecule has 6 heteroatoms. The van der Waals surface area contributed by atoms with Crippen LogP contribution in [0.2, 0.25) is 5.02 Å². The first kappa shape index (κ1) is 22.8. The molecule has 0 unspecified atom stereocenters. The van der Waals surface area contributed by atoms with E-state index < -0.39 is 0 Å². The van der Waals surface area contributed by atoms with Gasteiger partial charge in [0, 0.05) is 48.3 Å². The highest BCUT2D eigenvalue weighted by Crippen LogP contribution is 2.26. The van der Waals surface area contributed by atoms with Gasteiger partial charge in [0.2, 0.25) is 5.91 Å². The monoisotopic (exact) mass is 452 g/mol. The summed E-state index contributed by atoms with van der Waals surface area (Å²) in [6.45, 7) is 5.12. The largest absolute Gasteiger partial charge is 0.355 e. The van der Waals surface area contributed by atoms with Crippen molar-refractivity contribution in [2.75, 3.05) is 40.3 Å². The number of carbonyl (C=O) groups is 1. The average molecular weight is 453 g/mol. The van der Waals surface area contributed by atoms with Crippen LogP contribution in [0.25, 0.3) is 10.9 Å². The number of nitrogens with zero attached hydrogens (tertiary/aromatic N) is 3. The van der Waals surface area contributed by atoms with Gasteiger partial charge in [0.1, 0.15) is 0 Å². The van der Waals surface area contributed by atoms with Gasteiger partial charge in [-0.1, -0.05) is 48.0 Å². The van der Waals surface area contributed by atoms with E-state index in [1.807, 2.05) is 32.3 Å². The Hall–Kier alpha value is -2.34. The molecule has 1 saturated heterocycles. The minimum absolute atomic E-state index is 0.127. The number of hydrogen-bond acceptors (Lipinski definition) is 3. The van der Waals surface area contributed by atoms with Crippen LogP contribution >= 0.6 is 11.6 Å². The van der Waals surface area contributed by atoms with E-state index in [9.17, 15) is 4.79 Å². The number of piperidine rings is 1. The predicted octanol–water partition coefficient (Wildman–Crippen LogP) is 4.23. The number of fused-ring (bicyclic) bond motifs is 1. The minimum Gasteiger partial charge on any atom is -0.355 e. The maximum absolute atomic E-state index is 12.5. The summed E-state index contributed by atoms with van der Waals surface area (Å²) < 4.78 is 2.39. The van der Waals surface area contributed by atoms with Gasteiger partial charge < -0.3 is 14.8 Å². The van der Waals surface area contributed by atoms with Crippen LogP contribution in [-0.2, 0) is 17.9 Å². The van der Waals surface area contributed by atoms with Crippen molar-refractivity contribution in [2.24, 2.45) is 5.92 Å². The van der Waals surface area contributed by atoms with Gasteiger partial charge >= 0.3 is 0 Å². The molecular formula is C26H33ClN4O. The van der Waals surface area contributed by atoms with E-state index >= 15 is 0 Å². The Labute approximate surface area is 195 Å². The fourth-order valence-corrected chi connectivity index (χ4v) is 4.71. The highest BCUT2D eigenvalue weighted by Gasteiger charge is 2.25. The Morgan fingerprint density at radius 2 is 1.78 bits per heavy atom. The molecule has 1 N–H and O–H groups in total. The number of likely N-dealkylation sites (N-methyl/N-ethyl adjacent to an activating group) is 1. The SMILES string of the molecule is CN(C)CCNC(=O)C1CCN(Cc2cc3ccccc3n2Cc2ccccc2Cl)CC1. The van der Waals surface area contributed by atoms with Crippen molar-refractivity contribution in [2.45, 2.75) is 25.9 Å². The fourth-order valence-electron chi connectivity index (χ4n) is 4.51. The van der Waals surface area contributed by atoms with E-state index in [4.69, 9.17) is 11.6 Å². The first-order valence-electron chi connectivity index (χ1n) is 11.5. The highest BCUT2D eigenvalue weighted by atomic mass is 35.5. The Morgan fingerprint density at radius 3 is 2.53 bits per heavy atom. The van der Waals surface area contributed by atoms with Crippen LogP contribution in [0.4, 0.5) is 0 Å². The summed E-state index contributed by atoms with van der Waals surface area (Å²) in [5.74, 6) is 0.335. The second-order valence-corrected chi connectivity index (χ2v) is 9.42. The summed E-state index contributed by atoms with van der Waals surface area (Å²) in [4.78, 5) is 17.0. The van der Waals surface area contributed by atoms with Gasteiger partial charge in [-0.15, -0.1) is 0 Å². The van der Waals surface area contributed by atoms with Crippen LogP contribution < -0.4 is 5.32 Å². The number of aromatic nitrogens is 1. The molecule has 0 radical (unpaired) electrons. The van der Waals surface area contributed by atoms with Crippen LogP contribution in [0.5, 0.6) is 0 Å². The molecule has 1 fully saturated rings. The van der Waals surface area contributed by atoms with E-state index in [0.29, 0.717) is 6.54 Å². The summed E-state index contributed by atoms with van der Waals surface area (Å²) >= 11 is 6.47. The zero-order chi connectivity index (χ0) is 22.5. The molecule has 0 spiro atoms. The number of benzene rings is 2. The maximum Gasteiger partial charge on any atom is 0.223 e. The zero-order valence-electron chi connectivity index (χ0n) is 19.1. The second kappa shape index (κ2) is 10.5. The zero-order valence-corrected chi connectivity index (χ0v) is 19.8. The number of amides is 1. The fraction of sp³-hybridized carbons (Fsp3) is 0.423. The van der Waals surface area contributed by atoms with Gasteiger partial charge in [0.25, 0.3) is 0 Å². The van der Waals surface area contributed by atoms with E-state index in [1.54, 1.807) is 0 Å². The molecule has 32 heavy (non-hydrogen) atoms. The van der Waals surface area contributed by atoms with Gasteiger partial charge in [0.15, 0.2) is 0 Å². The molecule has 1 aromatic heterocycles. The summed E-state index contributed by atoms with van der Waals surface area (Å²) in [6, 6.07) is 18.9. The van der Waals surface area contributed by atoms with Crippen LogP contribution in [0.3, 0.4) is 0 Å². The number of likely N-dealkylation sites (tertiary alicyclic amines) is 1. The molecule has 2 aromatic carbocycles. The predicted molar refractivity (Wildman–Crippen MR) is 132 cm³/mol. The molecule has 170 valence electrons. The third kappa shape index (κ3) is 5.52. The molecule has 4 rings (SSSR count). The summed E-state index contributed by atoms with van der Waals surface area (Å²) in [6.07, 6.45) is 1.83. The lowest BCUT2D eigenvalue weighted by atomic mass is 9.96. The lowest BCUT2D eigenvalue weighted by Crippen LogP contribution is -2.41. The van der Waals surface area contributed by atoms with Crippen molar-refractivity contribution in [3.05, 3.63) is 70.9 Å². The van der Waals surface area contributed by atoms with E-state index in [1.165, 1.54) is 16.6 Å². The van der Waals surface area contributed by atoms with E-state index in [2.05, 4.69) is 56.1 Å². The van der Waals surface area contributed by atoms with Crippen LogP contribution in [0.15, 0.2) is 54.6 Å². The third-order valence-electron chi connectivity index (χ3n) is 6.38. The molecule has 5 nitrogen and oxygen atoms in total. The highest BCUT2D eigenvalue weighted by molar-refractivity contribution is 6.31. The van der Waals surface area contributed by atoms with Crippen LogP contribution in [0.1, 0.15) is 24.1 Å². The standard InChI is InChI=1S/C26H33ClN4O/c1-29(2)16-13-28-26(32)20-11-14-30(15-12-20)19-23-17-21-7-4-6-10-25(21)31(23)18-22-8-3-5-9-24(22)27/h3-10,17,20H,11-16,18-19H2,1-2H3,(H,28,32). The van der Waals surface area contributed by atoms with Crippen molar-refractivity contribution in [3.8, 4) is 0 Å². The molecule has 3 aromatic rings. The van der Waals surface area contributed by atoms with E-state index in [0.717, 1.165) is 56.2 Å². The Bertz CT molecular complexity index is 1050. The van der Waals surface area contributed by atoms with E-state index in [-0.39, 0.29) is 11.8 Å². The Kier molecular flexibility index (Phi) is 7.51. The molecule has 1 aliphatic rings. The number of hydrogen-bond donors (Lipinski definition) is 1. The van der Waals surface area contributed by atoms with Crippen LogP contribution in [0, 0.1) is 5.92 Å². The topological polar surface area (TPSA) is 40.5 Å². The maximum atomic E-state index is 12.5. The summed E-state index contributed by atoms with van der Waals surface area (Å²) in [7, 11) is 4.05. The average Bonchev–Trinajstić information content (AvgIpc) is 3.12. The third-order valence-corrected chi connectivity index (χ3v) is 6.75. The molecule has 2 heterocycles. The van der Waals surface area contributed by atoms with Gasteiger partial charge in [-0.3, -0.25) is 9.69 Å². The molecule has 0 saturated carbocycles. The first-order chi connectivity index (χ1) is 15.5. The summed E-state index contributed by atoms with van der Waals surface area (Å²) in [5, 5.41) is 5.15. The minimum atomic E-state index is 0.127. The first-order valence-corrected chi connectivity index (χ1v) is 11.8. The normalized spacial score (nSPS) is 15.5. The van der Waals surface area contributed by atoms with Gasteiger partial charge in [-0.2, -0.15) is 0 Å². The number of carbonyl (C=O) groups excluding carboxylic acids is 1. The quantitative estimate of drug-likeness (QED) is 0.556. The van der Waals surface area contributed by atoms with Gasteiger partial charge in [-0.05, 0) is 69.2 Å². The molecule has 0 bridgehead atoms. The second-order valence-electron chi connectivity index (χ2n) is 9.02. The molecule has 1 aliphatic heterocycles. The number of rotatable bonds is 8. The molecular weight excluding hydrogens is 420 g/mol. The van der Waals surface area contributed by atoms with Gasteiger partial charge in [-0.25, -0.2) is 0 Å². The summed E-state index contributed by atoms with van der Waals surface area (Å²) in [5.41, 5.74) is 3.66. The van der Waals surface area contributed by atoms with Crippen molar-refractivity contribution in [1.29, 1.82) is 0 Å². The van der Waals surface area contributed by atoms with Crippen molar-refractivity contribution < 1.29 is 4.79 Å². The lowest BCUT2D eigenvalue weighted by Gasteiger charge is -2.31. The smallest absolute Gasteiger partial charge is 0.223 e. The molecule has 1 amide bonds. The number of nitrogens with one attached hydrogen (secondary N) is 1. The number of para-hydroxylation sites is 1. The van der Waals surface area contributed by atoms with Crippen molar-refractivity contribution in [3.63, 3.8) is 0 Å². The van der Waals surface area contributed by atoms with Crippen molar-refractivity contribution in [1.82, 2.24) is 19.7 Å².